The van der Waals surface area contributed by atoms with E-state index in [1.54, 1.807) is 4.68 Å². The van der Waals surface area contributed by atoms with Crippen LogP contribution in [0.25, 0.3) is 5.82 Å². The summed E-state index contributed by atoms with van der Waals surface area (Å²) >= 11 is 5.79. The Bertz CT molecular complexity index is 550. The highest BCUT2D eigenvalue weighted by molar-refractivity contribution is 6.31. The first-order valence-electron chi connectivity index (χ1n) is 4.63. The summed E-state index contributed by atoms with van der Waals surface area (Å²) in [4.78, 5) is 18.5. The van der Waals surface area contributed by atoms with Gasteiger partial charge in [-0.25, -0.2) is 14.6 Å². The van der Waals surface area contributed by atoms with Crippen LogP contribution in [0, 0.1) is 13.8 Å². The molecule has 2 rings (SSSR count). The number of nitrogens with zero attached hydrogens (tertiary/aromatic N) is 4. The smallest absolute Gasteiger partial charge is 0.173 e. The lowest BCUT2D eigenvalue weighted by molar-refractivity contribution is 0.111. The molecular formula is C10H9ClN4O. The van der Waals surface area contributed by atoms with Crippen molar-refractivity contribution in [3.63, 3.8) is 0 Å². The molecule has 5 nitrogen and oxygen atoms in total. The van der Waals surface area contributed by atoms with Gasteiger partial charge in [0.1, 0.15) is 5.69 Å². The van der Waals surface area contributed by atoms with Gasteiger partial charge in [0.15, 0.2) is 17.3 Å². The largest absolute Gasteiger partial charge is 0.296 e. The van der Waals surface area contributed by atoms with Gasteiger partial charge in [-0.05, 0) is 19.9 Å². The number of carbonyl (C=O) groups is 1. The van der Waals surface area contributed by atoms with Crippen LogP contribution in [0.1, 0.15) is 21.9 Å². The molecule has 2 heterocycles. The van der Waals surface area contributed by atoms with Gasteiger partial charge < -0.3 is 0 Å². The van der Waals surface area contributed by atoms with E-state index in [2.05, 4.69) is 15.1 Å². The second-order valence-electron chi connectivity index (χ2n) is 3.36. The molecule has 0 aliphatic rings. The van der Waals surface area contributed by atoms with E-state index >= 15 is 0 Å². The third kappa shape index (κ3) is 1.81. The fraction of sp³-hybridized carbons (Fsp3) is 0.200. The minimum atomic E-state index is 0.0834. The maximum absolute atomic E-state index is 10.5. The Morgan fingerprint density at radius 3 is 2.69 bits per heavy atom. The minimum Gasteiger partial charge on any atom is -0.296 e. The van der Waals surface area contributed by atoms with Crippen molar-refractivity contribution in [1.29, 1.82) is 0 Å². The van der Waals surface area contributed by atoms with Crippen molar-refractivity contribution in [1.82, 2.24) is 19.7 Å². The monoisotopic (exact) mass is 236 g/mol. The number of aldehydes is 1. The molecule has 16 heavy (non-hydrogen) atoms. The number of rotatable bonds is 2. The Kier molecular flexibility index (Phi) is 2.70. The van der Waals surface area contributed by atoms with Crippen LogP contribution in [0.3, 0.4) is 0 Å². The normalized spacial score (nSPS) is 10.4. The molecule has 0 unspecified atom stereocenters. The zero-order valence-electron chi connectivity index (χ0n) is 8.81. The average molecular weight is 237 g/mol. The van der Waals surface area contributed by atoms with E-state index in [1.165, 1.54) is 6.20 Å². The van der Waals surface area contributed by atoms with E-state index < -0.39 is 0 Å². The molecule has 0 saturated heterocycles. The van der Waals surface area contributed by atoms with Crippen LogP contribution in [0.4, 0.5) is 0 Å². The van der Waals surface area contributed by atoms with Gasteiger partial charge in [0.05, 0.1) is 11.9 Å². The van der Waals surface area contributed by atoms with E-state index in [9.17, 15) is 4.79 Å². The summed E-state index contributed by atoms with van der Waals surface area (Å²) < 4.78 is 1.63. The highest BCUT2D eigenvalue weighted by Crippen LogP contribution is 2.13. The molecule has 0 N–H and O–H groups in total. The molecule has 2 aromatic rings. The lowest BCUT2D eigenvalue weighted by Gasteiger charge is -2.03. The molecule has 0 bridgehead atoms. The Hall–Kier alpha value is -1.75. The summed E-state index contributed by atoms with van der Waals surface area (Å²) in [6, 6.07) is 1.92. The molecular weight excluding hydrogens is 228 g/mol. The fourth-order valence-electron chi connectivity index (χ4n) is 1.41. The van der Waals surface area contributed by atoms with Gasteiger partial charge in [-0.2, -0.15) is 5.10 Å². The molecule has 0 aliphatic heterocycles. The molecule has 0 atom stereocenters. The Morgan fingerprint density at radius 2 is 2.19 bits per heavy atom. The molecule has 2 aromatic heterocycles. The molecule has 6 heteroatoms. The summed E-state index contributed by atoms with van der Waals surface area (Å²) in [5.74, 6) is 0.501. The SMILES string of the molecule is Cc1cc(C)n(-c2cnc(C=O)c(Cl)n2)n1. The van der Waals surface area contributed by atoms with Crippen molar-refractivity contribution in [3.8, 4) is 5.82 Å². The Labute approximate surface area is 97.1 Å². The van der Waals surface area contributed by atoms with E-state index in [1.807, 2.05) is 19.9 Å². The van der Waals surface area contributed by atoms with Crippen LogP contribution in [-0.2, 0) is 0 Å². The van der Waals surface area contributed by atoms with Crippen LogP contribution >= 0.6 is 11.6 Å². The fourth-order valence-corrected chi connectivity index (χ4v) is 1.59. The first-order chi connectivity index (χ1) is 7.61. The van der Waals surface area contributed by atoms with Gasteiger partial charge in [-0.3, -0.25) is 4.79 Å². The second kappa shape index (κ2) is 4.02. The van der Waals surface area contributed by atoms with Gasteiger partial charge in [0.2, 0.25) is 0 Å². The maximum Gasteiger partial charge on any atom is 0.173 e. The van der Waals surface area contributed by atoms with Crippen molar-refractivity contribution in [2.75, 3.05) is 0 Å². The molecule has 82 valence electrons. The summed E-state index contributed by atoms with van der Waals surface area (Å²) in [7, 11) is 0. The van der Waals surface area contributed by atoms with E-state index in [0.29, 0.717) is 12.1 Å². The number of aromatic nitrogens is 4. The summed E-state index contributed by atoms with van der Waals surface area (Å²) in [6.07, 6.45) is 2.04. The van der Waals surface area contributed by atoms with Crippen molar-refractivity contribution in [2.24, 2.45) is 0 Å². The standard InChI is InChI=1S/C10H9ClN4O/c1-6-3-7(2)15(14-6)9-4-12-8(5-16)10(11)13-9/h3-5H,1-2H3. The first-order valence-corrected chi connectivity index (χ1v) is 5.01. The topological polar surface area (TPSA) is 60.7 Å². The first kappa shape index (κ1) is 10.8. The maximum atomic E-state index is 10.5. The Balaban J connectivity index is 2.53. The Morgan fingerprint density at radius 1 is 1.44 bits per heavy atom. The van der Waals surface area contributed by atoms with Gasteiger partial charge >= 0.3 is 0 Å². The number of hydrogen-bond acceptors (Lipinski definition) is 4. The third-order valence-corrected chi connectivity index (χ3v) is 2.36. The number of aryl methyl sites for hydroxylation is 2. The average Bonchev–Trinajstić information content (AvgIpc) is 2.58. The summed E-state index contributed by atoms with van der Waals surface area (Å²) in [5, 5.41) is 4.33. The van der Waals surface area contributed by atoms with Gasteiger partial charge in [0.25, 0.3) is 0 Å². The highest BCUT2D eigenvalue weighted by Gasteiger charge is 2.08. The van der Waals surface area contributed by atoms with E-state index in [0.717, 1.165) is 11.4 Å². The van der Waals surface area contributed by atoms with E-state index in [4.69, 9.17) is 11.6 Å². The van der Waals surface area contributed by atoms with Crippen LogP contribution in [0.5, 0.6) is 0 Å². The summed E-state index contributed by atoms with van der Waals surface area (Å²) in [6.45, 7) is 3.79. The number of halogens is 1. The lowest BCUT2D eigenvalue weighted by atomic mass is 10.4. The minimum absolute atomic E-state index is 0.0834. The molecule has 0 aromatic carbocycles. The van der Waals surface area contributed by atoms with Gasteiger partial charge in [0, 0.05) is 5.69 Å². The van der Waals surface area contributed by atoms with Crippen molar-refractivity contribution < 1.29 is 4.79 Å². The second-order valence-corrected chi connectivity index (χ2v) is 3.72. The molecule has 0 radical (unpaired) electrons. The summed E-state index contributed by atoms with van der Waals surface area (Å²) in [5.41, 5.74) is 1.95. The number of carbonyl (C=O) groups excluding carboxylic acids is 1. The van der Waals surface area contributed by atoms with Gasteiger partial charge in [-0.15, -0.1) is 0 Å². The molecule has 0 saturated carbocycles. The quantitative estimate of drug-likeness (QED) is 0.746. The predicted octanol–water partition coefficient (Wildman–Crippen LogP) is 1.75. The van der Waals surface area contributed by atoms with Crippen LogP contribution in [0.15, 0.2) is 12.3 Å². The molecule has 0 amide bonds. The van der Waals surface area contributed by atoms with Gasteiger partial charge in [-0.1, -0.05) is 11.6 Å². The number of hydrogen-bond donors (Lipinski definition) is 0. The third-order valence-electron chi connectivity index (χ3n) is 2.08. The zero-order chi connectivity index (χ0) is 11.7. The highest BCUT2D eigenvalue weighted by atomic mass is 35.5. The van der Waals surface area contributed by atoms with Crippen molar-refractivity contribution in [3.05, 3.63) is 34.5 Å². The van der Waals surface area contributed by atoms with Crippen LogP contribution in [0.2, 0.25) is 5.15 Å². The van der Waals surface area contributed by atoms with Crippen molar-refractivity contribution in [2.45, 2.75) is 13.8 Å². The molecule has 0 spiro atoms. The predicted molar refractivity (Wildman–Crippen MR) is 59.0 cm³/mol. The zero-order valence-corrected chi connectivity index (χ0v) is 9.56. The van der Waals surface area contributed by atoms with Crippen molar-refractivity contribution >= 4 is 17.9 Å². The molecule has 0 aliphatic carbocycles. The lowest BCUT2D eigenvalue weighted by Crippen LogP contribution is -2.04. The van der Waals surface area contributed by atoms with E-state index in [-0.39, 0.29) is 10.8 Å². The molecule has 0 fully saturated rings. The van der Waals surface area contributed by atoms with Crippen LogP contribution in [-0.4, -0.2) is 26.0 Å². The van der Waals surface area contributed by atoms with Crippen LogP contribution < -0.4 is 0 Å².